The van der Waals surface area contributed by atoms with Crippen molar-refractivity contribution in [3.8, 4) is 0 Å². The van der Waals surface area contributed by atoms with Crippen molar-refractivity contribution in [1.29, 1.82) is 0 Å². The van der Waals surface area contributed by atoms with E-state index >= 15 is 0 Å². The van der Waals surface area contributed by atoms with Gasteiger partial charge in [0.2, 0.25) is 0 Å². The Morgan fingerprint density at radius 1 is 1.50 bits per heavy atom. The van der Waals surface area contributed by atoms with Gasteiger partial charge in [-0.25, -0.2) is 0 Å². The molecule has 2 nitrogen and oxygen atoms in total. The van der Waals surface area contributed by atoms with E-state index in [2.05, 4.69) is 31.9 Å². The summed E-state index contributed by atoms with van der Waals surface area (Å²) < 4.78 is 98.3. The van der Waals surface area contributed by atoms with Crippen LogP contribution in [-0.4, -0.2) is 18.0 Å². The molecule has 0 unspecified atom stereocenters. The molecule has 2 N–H and O–H groups in total. The summed E-state index contributed by atoms with van der Waals surface area (Å²) >= 11 is 6.07. The molecule has 100 valence electrons. The molecule has 1 aliphatic rings. The molecule has 0 radical (unpaired) electrons. The van der Waals surface area contributed by atoms with Gasteiger partial charge in [0.05, 0.1) is 8.43 Å². The van der Waals surface area contributed by atoms with Crippen LogP contribution in [0.4, 0.5) is 5.69 Å². The normalized spacial score (nSPS) is 39.1. The van der Waals surface area contributed by atoms with Gasteiger partial charge in [-0.2, -0.15) is 0 Å². The zero-order valence-corrected chi connectivity index (χ0v) is 12.7. The minimum Gasteiger partial charge on any atom is -0.398 e. The summed E-state index contributed by atoms with van der Waals surface area (Å²) in [7, 11) is 0.993. The van der Waals surface area contributed by atoms with Gasteiger partial charge in [0.1, 0.15) is 0 Å². The van der Waals surface area contributed by atoms with Gasteiger partial charge in [0, 0.05) is 35.2 Å². The summed E-state index contributed by atoms with van der Waals surface area (Å²) in [6, 6.07) is -2.94. The summed E-state index contributed by atoms with van der Waals surface area (Å²) in [6.07, 6.45) is -12.7. The molecule has 1 aromatic rings. The average molecular weight is 388 g/mol. The van der Waals surface area contributed by atoms with Crippen LogP contribution in [0.3, 0.4) is 0 Å². The van der Waals surface area contributed by atoms with Gasteiger partial charge in [-0.15, -0.1) is 0 Å². The Hall–Kier alpha value is -0.0600. The van der Waals surface area contributed by atoms with E-state index in [0.717, 1.165) is 7.05 Å². The van der Waals surface area contributed by atoms with Crippen molar-refractivity contribution in [2.24, 2.45) is 0 Å². The minimum atomic E-state index is -3.00. The number of halogens is 2. The summed E-state index contributed by atoms with van der Waals surface area (Å²) in [6.45, 7) is -2.82. The monoisotopic (exact) mass is 386 g/mol. The topological polar surface area (TPSA) is 29.3 Å². The third-order valence-electron chi connectivity index (χ3n) is 2.29. The molecule has 0 aromatic heterocycles. The molecule has 0 saturated heterocycles. The molecule has 1 saturated carbocycles. The number of benzene rings is 1. The second-order valence-corrected chi connectivity index (χ2v) is 5.20. The third kappa shape index (κ3) is 3.49. The molecule has 0 bridgehead atoms. The van der Waals surface area contributed by atoms with E-state index in [-0.39, 0.29) is 20.7 Å². The predicted octanol–water partition coefficient (Wildman–Crippen LogP) is 4.56. The van der Waals surface area contributed by atoms with Crippen LogP contribution in [0.5, 0.6) is 0 Å². The first kappa shape index (κ1) is 5.38. The number of anilines is 1. The van der Waals surface area contributed by atoms with Crippen molar-refractivity contribution < 1.29 is 16.4 Å². The Balaban J connectivity index is 2.78. The van der Waals surface area contributed by atoms with Crippen LogP contribution in [0.25, 0.3) is 0 Å². The van der Waals surface area contributed by atoms with Crippen molar-refractivity contribution in [2.75, 3.05) is 12.8 Å². The van der Waals surface area contributed by atoms with Crippen molar-refractivity contribution in [3.05, 3.63) is 26.6 Å². The van der Waals surface area contributed by atoms with Crippen LogP contribution in [0.1, 0.15) is 53.9 Å². The Labute approximate surface area is 143 Å². The number of hydrogen-bond acceptors (Lipinski definition) is 2. The number of nitrogen functional groups attached to an aromatic ring is 1. The van der Waals surface area contributed by atoms with Crippen molar-refractivity contribution in [1.82, 2.24) is 4.90 Å². The highest BCUT2D eigenvalue weighted by Crippen LogP contribution is 2.30. The summed E-state index contributed by atoms with van der Waals surface area (Å²) in [5.41, 5.74) is 5.12. The van der Waals surface area contributed by atoms with Crippen LogP contribution in [0, 0.1) is 0 Å². The molecule has 0 amide bonds. The van der Waals surface area contributed by atoms with Crippen LogP contribution in [-0.2, 0) is 6.50 Å². The lowest BCUT2D eigenvalue weighted by Gasteiger charge is -2.31. The Morgan fingerprint density at radius 2 is 2.17 bits per heavy atom. The fourth-order valence-electron chi connectivity index (χ4n) is 1.38. The van der Waals surface area contributed by atoms with Gasteiger partial charge < -0.3 is 5.73 Å². The van der Waals surface area contributed by atoms with E-state index in [1.54, 1.807) is 0 Å². The highest BCUT2D eigenvalue weighted by molar-refractivity contribution is 9.11. The lowest BCUT2D eigenvalue weighted by molar-refractivity contribution is 0.185. The van der Waals surface area contributed by atoms with E-state index in [0.29, 0.717) is 4.90 Å². The molecule has 1 aliphatic carbocycles. The highest BCUT2D eigenvalue weighted by Gasteiger charge is 2.19. The summed E-state index contributed by atoms with van der Waals surface area (Å²) in [4.78, 5) is 0.550. The average Bonchev–Trinajstić information content (AvgIpc) is 2.55. The molecule has 0 heterocycles. The van der Waals surface area contributed by atoms with E-state index < -0.39 is 56.1 Å². The van der Waals surface area contributed by atoms with Crippen molar-refractivity contribution in [2.45, 2.75) is 44.5 Å². The first-order valence-corrected chi connectivity index (χ1v) is 6.72. The van der Waals surface area contributed by atoms with Gasteiger partial charge in [-0.05, 0) is 53.4 Å². The fourth-order valence-corrected chi connectivity index (χ4v) is 2.44. The van der Waals surface area contributed by atoms with Gasteiger partial charge >= 0.3 is 0 Å². The highest BCUT2D eigenvalue weighted by atomic mass is 79.9. The quantitative estimate of drug-likeness (QED) is 0.770. The van der Waals surface area contributed by atoms with Gasteiger partial charge in [0.15, 0.2) is 0 Å². The summed E-state index contributed by atoms with van der Waals surface area (Å²) in [5.74, 6) is 0. The number of hydrogen-bond donors (Lipinski definition) is 1. The maximum Gasteiger partial charge on any atom is 0.0647 e. The maximum absolute atomic E-state index is 8.58. The number of rotatable bonds is 3. The van der Waals surface area contributed by atoms with Crippen LogP contribution in [0.15, 0.2) is 21.0 Å². The Morgan fingerprint density at radius 3 is 2.83 bits per heavy atom. The Kier molecular flexibility index (Phi) is 1.91. The van der Waals surface area contributed by atoms with Crippen LogP contribution >= 0.6 is 31.9 Å². The molecular weight excluding hydrogens is 356 g/mol. The first-order chi connectivity index (χ1) is 13.2. The molecule has 1 fully saturated rings. The summed E-state index contributed by atoms with van der Waals surface area (Å²) in [5, 5.41) is 0. The lowest BCUT2D eigenvalue weighted by atomic mass is 9.94. The molecule has 18 heavy (non-hydrogen) atoms. The van der Waals surface area contributed by atoms with Gasteiger partial charge in [-0.3, -0.25) is 4.90 Å². The molecular formula is C14H20Br2N2. The van der Waals surface area contributed by atoms with E-state index in [1.165, 1.54) is 0 Å². The van der Waals surface area contributed by atoms with E-state index in [9.17, 15) is 0 Å². The zero-order valence-electron chi connectivity index (χ0n) is 21.6. The SMILES string of the molecule is [2H]c1c(Br)c([2H])c(C([2H])([2H])N(C)C2C([2H])([2H])C([2H])([2H])CC([2H])([2H])C2([2H])[2H])c(N)c1Br. The van der Waals surface area contributed by atoms with Crippen LogP contribution in [0.2, 0.25) is 0 Å². The number of nitrogens with zero attached hydrogens (tertiary/aromatic N) is 1. The largest absolute Gasteiger partial charge is 0.398 e. The Bertz CT molecular complexity index is 818. The second kappa shape index (κ2) is 6.40. The van der Waals surface area contributed by atoms with Crippen molar-refractivity contribution in [3.63, 3.8) is 0 Å². The molecule has 2 rings (SSSR count). The molecule has 0 aliphatic heterocycles. The number of nitrogens with two attached hydrogens (primary N) is 1. The van der Waals surface area contributed by atoms with E-state index in [1.807, 2.05) is 0 Å². The molecule has 1 aromatic carbocycles. The predicted molar refractivity (Wildman–Crippen MR) is 84.6 cm³/mol. The minimum absolute atomic E-state index is 0.0297. The third-order valence-corrected chi connectivity index (χ3v) is 3.31. The fraction of sp³-hybridized carbons (Fsp3) is 0.571. The van der Waals surface area contributed by atoms with E-state index in [4.69, 9.17) is 22.2 Å². The first-order valence-electron chi connectivity index (χ1n) is 11.1. The smallest absolute Gasteiger partial charge is 0.0647 e. The molecule has 4 heteroatoms. The van der Waals surface area contributed by atoms with Crippen molar-refractivity contribution >= 4 is 37.5 Å². The lowest BCUT2D eigenvalue weighted by Crippen LogP contribution is -2.33. The molecule has 0 spiro atoms. The second-order valence-electron chi connectivity index (χ2n) is 3.61. The van der Waals surface area contributed by atoms with Gasteiger partial charge in [0.25, 0.3) is 0 Å². The van der Waals surface area contributed by atoms with Crippen LogP contribution < -0.4 is 5.73 Å². The van der Waals surface area contributed by atoms with Gasteiger partial charge in [-0.1, -0.05) is 35.1 Å². The maximum atomic E-state index is 8.58. The zero-order chi connectivity index (χ0) is 23.8. The molecule has 0 atom stereocenters. The standard InChI is InChI=1S/C14H20Br2N2/c1-18(12-5-3-2-4-6-12)9-10-7-11(15)8-13(16)14(10)17/h7-8,12H,2-6,9,17H2,1H3/i3D2,4D2,5D2,6D2,7D,8D,9D2.